The van der Waals surface area contributed by atoms with Crippen LogP contribution in [0.5, 0.6) is 0 Å². The van der Waals surface area contributed by atoms with E-state index < -0.39 is 0 Å². The van der Waals surface area contributed by atoms with Crippen LogP contribution in [0.2, 0.25) is 0 Å². The number of nitrogens with zero attached hydrogens (tertiary/aromatic N) is 2. The molecule has 110 valence electrons. The molecule has 0 spiro atoms. The van der Waals surface area contributed by atoms with Crippen molar-refractivity contribution in [2.45, 2.75) is 59.0 Å². The first-order valence-corrected chi connectivity index (χ1v) is 7.36. The molecular formula is C15H29N3O. The first-order valence-electron chi connectivity index (χ1n) is 7.36. The molecule has 0 aliphatic carbocycles. The van der Waals surface area contributed by atoms with E-state index in [0.29, 0.717) is 12.1 Å². The smallest absolute Gasteiger partial charge is 0.0672 e. The Bertz CT molecular complexity index is 387. The lowest BCUT2D eigenvalue weighted by Gasteiger charge is -2.17. The second-order valence-electron chi connectivity index (χ2n) is 5.10. The molecule has 0 radical (unpaired) electrons. The van der Waals surface area contributed by atoms with Crippen LogP contribution in [0.15, 0.2) is 0 Å². The lowest BCUT2D eigenvalue weighted by Crippen LogP contribution is -2.17. The van der Waals surface area contributed by atoms with Gasteiger partial charge in [-0.15, -0.1) is 0 Å². The number of hydrogen-bond acceptors (Lipinski definition) is 3. The van der Waals surface area contributed by atoms with Crippen LogP contribution >= 0.6 is 0 Å². The molecule has 0 fully saturated rings. The third-order valence-corrected chi connectivity index (χ3v) is 3.82. The number of rotatable bonds is 8. The molecule has 1 rings (SSSR count). The lowest BCUT2D eigenvalue weighted by atomic mass is 10.0. The van der Waals surface area contributed by atoms with Gasteiger partial charge in [0.2, 0.25) is 0 Å². The Balaban J connectivity index is 3.14. The molecule has 1 aromatic rings. The Morgan fingerprint density at radius 1 is 1.26 bits per heavy atom. The molecule has 0 aromatic carbocycles. The third-order valence-electron chi connectivity index (χ3n) is 3.82. The largest absolute Gasteiger partial charge is 0.385 e. The van der Waals surface area contributed by atoms with E-state index in [4.69, 9.17) is 9.84 Å². The van der Waals surface area contributed by atoms with Crippen molar-refractivity contribution in [1.82, 2.24) is 15.1 Å². The fourth-order valence-electron chi connectivity index (χ4n) is 2.57. The fourth-order valence-corrected chi connectivity index (χ4v) is 2.57. The average molecular weight is 267 g/mol. The summed E-state index contributed by atoms with van der Waals surface area (Å²) in [6, 6.07) is 0.742. The van der Waals surface area contributed by atoms with Gasteiger partial charge in [-0.3, -0.25) is 4.68 Å². The van der Waals surface area contributed by atoms with E-state index >= 15 is 0 Å². The topological polar surface area (TPSA) is 39.1 Å². The van der Waals surface area contributed by atoms with Gasteiger partial charge in [0.1, 0.15) is 0 Å². The van der Waals surface area contributed by atoms with Gasteiger partial charge in [0.25, 0.3) is 0 Å². The molecule has 1 aromatic heterocycles. The van der Waals surface area contributed by atoms with E-state index in [1.54, 1.807) is 7.11 Å². The summed E-state index contributed by atoms with van der Waals surface area (Å²) < 4.78 is 7.40. The summed E-state index contributed by atoms with van der Waals surface area (Å²) in [6.07, 6.45) is 3.01. The van der Waals surface area contributed by atoms with E-state index in [2.05, 4.69) is 37.7 Å². The molecule has 0 saturated carbocycles. The highest BCUT2D eigenvalue weighted by atomic mass is 16.5. The van der Waals surface area contributed by atoms with Crippen molar-refractivity contribution < 1.29 is 4.74 Å². The summed E-state index contributed by atoms with van der Waals surface area (Å²) >= 11 is 0. The number of ether oxygens (including phenoxy) is 1. The van der Waals surface area contributed by atoms with Gasteiger partial charge in [-0.05, 0) is 40.2 Å². The zero-order valence-corrected chi connectivity index (χ0v) is 13.3. The van der Waals surface area contributed by atoms with Crippen molar-refractivity contribution in [3.8, 4) is 0 Å². The van der Waals surface area contributed by atoms with Gasteiger partial charge in [0.15, 0.2) is 0 Å². The number of aryl methyl sites for hydroxylation is 1. The van der Waals surface area contributed by atoms with Crippen molar-refractivity contribution in [2.24, 2.45) is 0 Å². The van der Waals surface area contributed by atoms with Gasteiger partial charge >= 0.3 is 0 Å². The molecule has 0 bridgehead atoms. The van der Waals surface area contributed by atoms with E-state index in [-0.39, 0.29) is 0 Å². The molecule has 19 heavy (non-hydrogen) atoms. The predicted molar refractivity (Wildman–Crippen MR) is 79.7 cm³/mol. The Kier molecular flexibility index (Phi) is 6.52. The zero-order valence-electron chi connectivity index (χ0n) is 13.3. The SMILES string of the molecule is CCc1nn(C(C)CCOC)c(CC)c1C(C)NC. The van der Waals surface area contributed by atoms with Gasteiger partial charge < -0.3 is 10.1 Å². The molecule has 2 unspecified atom stereocenters. The number of aromatic nitrogens is 2. The van der Waals surface area contributed by atoms with Crippen LogP contribution in [0.4, 0.5) is 0 Å². The molecule has 0 saturated heterocycles. The van der Waals surface area contributed by atoms with Crippen LogP contribution in [0.1, 0.15) is 63.2 Å². The summed E-state index contributed by atoms with van der Waals surface area (Å²) in [5.41, 5.74) is 3.97. The van der Waals surface area contributed by atoms with Crippen molar-refractivity contribution in [2.75, 3.05) is 20.8 Å². The molecule has 4 nitrogen and oxygen atoms in total. The minimum Gasteiger partial charge on any atom is -0.385 e. The number of methoxy groups -OCH3 is 1. The summed E-state index contributed by atoms with van der Waals surface area (Å²) in [4.78, 5) is 0. The second kappa shape index (κ2) is 7.65. The summed E-state index contributed by atoms with van der Waals surface area (Å²) in [5.74, 6) is 0. The molecule has 4 heteroatoms. The van der Waals surface area contributed by atoms with Crippen LogP contribution < -0.4 is 5.32 Å². The number of nitrogens with one attached hydrogen (secondary N) is 1. The highest BCUT2D eigenvalue weighted by molar-refractivity contribution is 5.30. The highest BCUT2D eigenvalue weighted by Crippen LogP contribution is 2.26. The maximum atomic E-state index is 5.19. The van der Waals surface area contributed by atoms with Crippen molar-refractivity contribution in [1.29, 1.82) is 0 Å². The van der Waals surface area contributed by atoms with Crippen LogP contribution in [0, 0.1) is 0 Å². The zero-order chi connectivity index (χ0) is 14.4. The normalized spacial score (nSPS) is 14.6. The number of hydrogen-bond donors (Lipinski definition) is 1. The molecule has 0 amide bonds. The van der Waals surface area contributed by atoms with Gasteiger partial charge in [0.05, 0.1) is 11.7 Å². The Labute approximate surface area is 117 Å². The summed E-state index contributed by atoms with van der Waals surface area (Å²) in [5, 5.41) is 8.19. The Morgan fingerprint density at radius 2 is 1.95 bits per heavy atom. The summed E-state index contributed by atoms with van der Waals surface area (Å²) in [7, 11) is 3.76. The fraction of sp³-hybridized carbons (Fsp3) is 0.800. The van der Waals surface area contributed by atoms with Crippen LogP contribution in [0.25, 0.3) is 0 Å². The summed E-state index contributed by atoms with van der Waals surface area (Å²) in [6.45, 7) is 9.60. The van der Waals surface area contributed by atoms with E-state index in [1.165, 1.54) is 17.0 Å². The van der Waals surface area contributed by atoms with Gasteiger partial charge in [-0.2, -0.15) is 5.10 Å². The van der Waals surface area contributed by atoms with Crippen molar-refractivity contribution >= 4 is 0 Å². The standard InChI is InChI=1S/C15H29N3O/c1-7-13-15(12(4)16-5)14(8-2)18(17-13)11(3)9-10-19-6/h11-12,16H,7-10H2,1-6H3. The first-order chi connectivity index (χ1) is 9.10. The van der Waals surface area contributed by atoms with E-state index in [0.717, 1.165) is 25.9 Å². The van der Waals surface area contributed by atoms with Gasteiger partial charge in [0, 0.05) is 31.0 Å². The Morgan fingerprint density at radius 3 is 2.42 bits per heavy atom. The van der Waals surface area contributed by atoms with Crippen molar-refractivity contribution in [3.05, 3.63) is 17.0 Å². The minimum absolute atomic E-state index is 0.355. The van der Waals surface area contributed by atoms with Crippen LogP contribution in [0.3, 0.4) is 0 Å². The van der Waals surface area contributed by atoms with E-state index in [9.17, 15) is 0 Å². The third kappa shape index (κ3) is 3.57. The molecule has 1 N–H and O–H groups in total. The average Bonchev–Trinajstić information content (AvgIpc) is 2.82. The highest BCUT2D eigenvalue weighted by Gasteiger charge is 2.21. The quantitative estimate of drug-likeness (QED) is 0.787. The second-order valence-corrected chi connectivity index (χ2v) is 5.10. The molecule has 2 atom stereocenters. The van der Waals surface area contributed by atoms with Crippen LogP contribution in [-0.2, 0) is 17.6 Å². The maximum absolute atomic E-state index is 5.19. The molecule has 0 aliphatic heterocycles. The van der Waals surface area contributed by atoms with Gasteiger partial charge in [-0.1, -0.05) is 13.8 Å². The van der Waals surface area contributed by atoms with Crippen molar-refractivity contribution in [3.63, 3.8) is 0 Å². The minimum atomic E-state index is 0.355. The first kappa shape index (κ1) is 16.2. The van der Waals surface area contributed by atoms with Gasteiger partial charge in [-0.25, -0.2) is 0 Å². The predicted octanol–water partition coefficient (Wildman–Crippen LogP) is 2.89. The molecular weight excluding hydrogens is 238 g/mol. The monoisotopic (exact) mass is 267 g/mol. The molecule has 0 aliphatic rings. The Hall–Kier alpha value is -0.870. The molecule has 1 heterocycles. The maximum Gasteiger partial charge on any atom is 0.0672 e. The van der Waals surface area contributed by atoms with Crippen LogP contribution in [-0.4, -0.2) is 30.5 Å². The van der Waals surface area contributed by atoms with E-state index in [1.807, 2.05) is 7.05 Å². The lowest BCUT2D eigenvalue weighted by molar-refractivity contribution is 0.178.